The fraction of sp³-hybridized carbons (Fsp3) is 0.625. The lowest BCUT2D eigenvalue weighted by molar-refractivity contribution is 0.760. The summed E-state index contributed by atoms with van der Waals surface area (Å²) >= 11 is 3.09. The fourth-order valence-electron chi connectivity index (χ4n) is 1.02. The van der Waals surface area contributed by atoms with Gasteiger partial charge in [-0.1, -0.05) is 0 Å². The molecule has 62 valence electrons. The highest BCUT2D eigenvalue weighted by molar-refractivity contribution is 9.18. The van der Waals surface area contributed by atoms with Crippen LogP contribution in [-0.4, -0.2) is 11.7 Å². The minimum atomic E-state index is 0.447. The molecule has 0 unspecified atom stereocenters. The molecule has 3 heteroatoms. The van der Waals surface area contributed by atoms with E-state index in [4.69, 9.17) is 5.41 Å². The van der Waals surface area contributed by atoms with E-state index in [1.54, 1.807) is 0 Å². The molecule has 1 saturated carbocycles. The molecule has 2 N–H and O–H groups in total. The van der Waals surface area contributed by atoms with Crippen molar-refractivity contribution in [3.63, 3.8) is 0 Å². The summed E-state index contributed by atoms with van der Waals surface area (Å²) in [5.74, 6) is 0.876. The number of nitrogens with one attached hydrogen (secondary N) is 2. The molecular formula is C8H13BrN2. The molecule has 11 heavy (non-hydrogen) atoms. The first-order valence-electron chi connectivity index (χ1n) is 3.84. The van der Waals surface area contributed by atoms with Crippen molar-refractivity contribution in [2.45, 2.75) is 19.3 Å². The van der Waals surface area contributed by atoms with Crippen molar-refractivity contribution < 1.29 is 0 Å². The van der Waals surface area contributed by atoms with Gasteiger partial charge in [0.2, 0.25) is 0 Å². The van der Waals surface area contributed by atoms with Crippen LogP contribution in [0.3, 0.4) is 0 Å². The Labute approximate surface area is 75.7 Å². The van der Waals surface area contributed by atoms with Crippen molar-refractivity contribution in [2.24, 2.45) is 5.92 Å². The average Bonchev–Trinajstić information content (AvgIpc) is 2.69. The molecular weight excluding hydrogens is 204 g/mol. The predicted octanol–water partition coefficient (Wildman–Crippen LogP) is 2.26. The summed E-state index contributed by atoms with van der Waals surface area (Å²) < 4.78 is 0.447. The summed E-state index contributed by atoms with van der Waals surface area (Å²) in [6.07, 6.45) is 5.64. The number of allylic oxidation sites excluding steroid dienone is 2. The van der Waals surface area contributed by atoms with E-state index in [-0.39, 0.29) is 0 Å². The maximum atomic E-state index is 7.19. The first-order valence-corrected chi connectivity index (χ1v) is 4.64. The maximum Gasteiger partial charge on any atom is 0.0983 e. The van der Waals surface area contributed by atoms with Gasteiger partial charge < -0.3 is 5.32 Å². The zero-order valence-electron chi connectivity index (χ0n) is 6.65. The van der Waals surface area contributed by atoms with Gasteiger partial charge in [-0.3, -0.25) is 5.41 Å². The lowest BCUT2D eigenvalue weighted by Crippen LogP contribution is -2.07. The van der Waals surface area contributed by atoms with E-state index in [1.165, 1.54) is 12.8 Å². The van der Waals surface area contributed by atoms with Crippen LogP contribution in [0.5, 0.6) is 0 Å². The van der Waals surface area contributed by atoms with Gasteiger partial charge in [0.1, 0.15) is 0 Å². The molecule has 0 spiro atoms. The van der Waals surface area contributed by atoms with Crippen molar-refractivity contribution in [3.8, 4) is 0 Å². The molecule has 0 atom stereocenters. The van der Waals surface area contributed by atoms with Gasteiger partial charge in [-0.2, -0.15) is 0 Å². The second-order valence-electron chi connectivity index (χ2n) is 2.92. The lowest BCUT2D eigenvalue weighted by Gasteiger charge is -2.03. The Morgan fingerprint density at radius 3 is 2.73 bits per heavy atom. The summed E-state index contributed by atoms with van der Waals surface area (Å²) in [5, 5.41) is 10.3. The van der Waals surface area contributed by atoms with E-state index in [0.29, 0.717) is 4.62 Å². The van der Waals surface area contributed by atoms with E-state index in [1.807, 2.05) is 13.1 Å². The van der Waals surface area contributed by atoms with Crippen molar-refractivity contribution >= 4 is 20.6 Å². The molecule has 1 aliphatic carbocycles. The zero-order valence-corrected chi connectivity index (χ0v) is 8.24. The normalized spacial score (nSPS) is 18.2. The van der Waals surface area contributed by atoms with E-state index < -0.39 is 0 Å². The topological polar surface area (TPSA) is 35.9 Å². The minimum Gasteiger partial charge on any atom is -0.391 e. The minimum absolute atomic E-state index is 0.447. The highest BCUT2D eigenvalue weighted by Gasteiger charge is 2.21. The van der Waals surface area contributed by atoms with Gasteiger partial charge in [0.25, 0.3) is 0 Å². The molecule has 0 aromatic rings. The van der Waals surface area contributed by atoms with Gasteiger partial charge in [0.15, 0.2) is 0 Å². The van der Waals surface area contributed by atoms with Crippen LogP contribution >= 0.6 is 15.9 Å². The van der Waals surface area contributed by atoms with Crippen LogP contribution in [0, 0.1) is 11.3 Å². The molecule has 2 nitrogen and oxygen atoms in total. The highest BCUT2D eigenvalue weighted by atomic mass is 79.9. The van der Waals surface area contributed by atoms with Crippen LogP contribution in [0.4, 0.5) is 0 Å². The van der Waals surface area contributed by atoms with E-state index >= 15 is 0 Å². The molecule has 0 bridgehead atoms. The summed E-state index contributed by atoms with van der Waals surface area (Å²) in [4.78, 5) is 0. The van der Waals surface area contributed by atoms with Crippen LogP contribution < -0.4 is 5.32 Å². The summed E-state index contributed by atoms with van der Waals surface area (Å²) in [5.41, 5.74) is 1.16. The second-order valence-corrected chi connectivity index (χ2v) is 3.77. The quantitative estimate of drug-likeness (QED) is 0.696. The molecule has 1 aliphatic rings. The zero-order chi connectivity index (χ0) is 8.27. The SMILES string of the molecule is CN/C(=C\C(=N)Br)CC1CC1. The maximum absolute atomic E-state index is 7.19. The molecule has 0 amide bonds. The third-order valence-corrected chi connectivity index (χ3v) is 2.06. The molecule has 1 fully saturated rings. The standard InChI is InChI=1S/C8H13BrN2/c1-11-7(5-8(9)10)4-6-2-3-6/h5-6,10-11H,2-4H2,1H3/b7-5-,10-8?. The van der Waals surface area contributed by atoms with Crippen LogP contribution in [0.2, 0.25) is 0 Å². The number of rotatable bonds is 4. The van der Waals surface area contributed by atoms with Crippen molar-refractivity contribution in [3.05, 3.63) is 11.8 Å². The molecule has 0 radical (unpaired) electrons. The Morgan fingerprint density at radius 2 is 2.36 bits per heavy atom. The van der Waals surface area contributed by atoms with Crippen LogP contribution in [0.15, 0.2) is 11.8 Å². The van der Waals surface area contributed by atoms with Crippen molar-refractivity contribution in [1.29, 1.82) is 5.41 Å². The third-order valence-electron chi connectivity index (χ3n) is 1.83. The fourth-order valence-corrected chi connectivity index (χ4v) is 1.30. The summed E-state index contributed by atoms with van der Waals surface area (Å²) in [7, 11) is 1.91. The Morgan fingerprint density at radius 1 is 1.73 bits per heavy atom. The molecule has 0 aliphatic heterocycles. The monoisotopic (exact) mass is 216 g/mol. The Balaban J connectivity index is 2.39. The third kappa shape index (κ3) is 3.56. The van der Waals surface area contributed by atoms with Crippen LogP contribution in [-0.2, 0) is 0 Å². The smallest absolute Gasteiger partial charge is 0.0983 e. The number of halogens is 1. The Bertz CT molecular complexity index is 183. The largest absolute Gasteiger partial charge is 0.391 e. The highest BCUT2D eigenvalue weighted by Crippen LogP contribution is 2.34. The van der Waals surface area contributed by atoms with Gasteiger partial charge in [-0.25, -0.2) is 0 Å². The Kier molecular flexibility index (Phi) is 3.12. The predicted molar refractivity (Wildman–Crippen MR) is 51.1 cm³/mol. The number of hydrogen-bond donors (Lipinski definition) is 2. The van der Waals surface area contributed by atoms with Gasteiger partial charge in [-0.15, -0.1) is 0 Å². The molecule has 1 rings (SSSR count). The molecule has 0 aromatic carbocycles. The number of hydrogen-bond acceptors (Lipinski definition) is 2. The van der Waals surface area contributed by atoms with Gasteiger partial charge in [0.05, 0.1) is 4.62 Å². The van der Waals surface area contributed by atoms with E-state index in [0.717, 1.165) is 18.0 Å². The van der Waals surface area contributed by atoms with E-state index in [9.17, 15) is 0 Å². The second kappa shape index (κ2) is 3.90. The summed E-state index contributed by atoms with van der Waals surface area (Å²) in [6.45, 7) is 0. The summed E-state index contributed by atoms with van der Waals surface area (Å²) in [6, 6.07) is 0. The Hall–Kier alpha value is -0.310. The van der Waals surface area contributed by atoms with Gasteiger partial charge >= 0.3 is 0 Å². The lowest BCUT2D eigenvalue weighted by atomic mass is 10.2. The van der Waals surface area contributed by atoms with Crippen LogP contribution in [0.25, 0.3) is 0 Å². The molecule has 0 aromatic heterocycles. The van der Waals surface area contributed by atoms with Crippen molar-refractivity contribution in [1.82, 2.24) is 5.32 Å². The first kappa shape index (κ1) is 8.78. The molecule has 0 saturated heterocycles. The van der Waals surface area contributed by atoms with Crippen LogP contribution in [0.1, 0.15) is 19.3 Å². The van der Waals surface area contributed by atoms with Crippen molar-refractivity contribution in [2.75, 3.05) is 7.05 Å². The average molecular weight is 217 g/mol. The van der Waals surface area contributed by atoms with Gasteiger partial charge in [0, 0.05) is 12.7 Å². The van der Waals surface area contributed by atoms with E-state index in [2.05, 4.69) is 21.2 Å². The van der Waals surface area contributed by atoms with Gasteiger partial charge in [-0.05, 0) is 47.2 Å². The molecule has 0 heterocycles. The first-order chi connectivity index (χ1) is 5.22.